The van der Waals surface area contributed by atoms with Gasteiger partial charge in [0.25, 0.3) is 0 Å². The Bertz CT molecular complexity index is 855. The normalized spacial score (nSPS) is 17.5. The van der Waals surface area contributed by atoms with Gasteiger partial charge in [-0.05, 0) is 42.6 Å². The van der Waals surface area contributed by atoms with Gasteiger partial charge in [-0.2, -0.15) is 0 Å². The molecule has 1 aromatic rings. The molecule has 0 spiro atoms. The highest BCUT2D eigenvalue weighted by molar-refractivity contribution is 5.90. The third kappa shape index (κ3) is 11.9. The van der Waals surface area contributed by atoms with Crippen molar-refractivity contribution in [3.8, 4) is 0 Å². The Hall–Kier alpha value is -2.45. The highest BCUT2D eigenvalue weighted by Gasteiger charge is 2.31. The van der Waals surface area contributed by atoms with Crippen LogP contribution in [0.3, 0.4) is 0 Å². The van der Waals surface area contributed by atoms with Gasteiger partial charge in [0.05, 0.1) is 24.6 Å². The predicted octanol–water partition coefficient (Wildman–Crippen LogP) is 3.07. The van der Waals surface area contributed by atoms with Crippen molar-refractivity contribution in [3.63, 3.8) is 0 Å². The Morgan fingerprint density at radius 1 is 0.947 bits per heavy atom. The highest BCUT2D eigenvalue weighted by atomic mass is 16.3. The molecular weight excluding hydrogens is 480 g/mol. The Kier molecular flexibility index (Phi) is 13.8. The quantitative estimate of drug-likeness (QED) is 0.238. The number of rotatable bonds is 15. The lowest BCUT2D eigenvalue weighted by Gasteiger charge is -2.32. The summed E-state index contributed by atoms with van der Waals surface area (Å²) in [4.78, 5) is 38.8. The Balaban J connectivity index is 2.08. The summed E-state index contributed by atoms with van der Waals surface area (Å²) >= 11 is 0. The van der Waals surface area contributed by atoms with Gasteiger partial charge < -0.3 is 26.8 Å². The van der Waals surface area contributed by atoms with Crippen LogP contribution in [0.4, 0.5) is 0 Å². The zero-order valence-corrected chi connectivity index (χ0v) is 23.7. The van der Waals surface area contributed by atoms with E-state index in [2.05, 4.69) is 16.0 Å². The van der Waals surface area contributed by atoms with Crippen LogP contribution in [0.15, 0.2) is 30.3 Å². The smallest absolute Gasteiger partial charge is 0.242 e. The fraction of sp³-hybridized carbons (Fsp3) is 0.700. The molecule has 1 aliphatic carbocycles. The minimum Gasteiger partial charge on any atom is -0.390 e. The summed E-state index contributed by atoms with van der Waals surface area (Å²) < 4.78 is 0. The summed E-state index contributed by atoms with van der Waals surface area (Å²) in [7, 11) is 0. The van der Waals surface area contributed by atoms with Gasteiger partial charge >= 0.3 is 0 Å². The molecule has 0 radical (unpaired) electrons. The third-order valence-corrected chi connectivity index (χ3v) is 7.18. The molecular formula is C30H50N4O4. The number of benzene rings is 1. The maximum Gasteiger partial charge on any atom is 0.242 e. The minimum atomic E-state index is -1.01. The largest absolute Gasteiger partial charge is 0.390 e. The first-order chi connectivity index (χ1) is 18.0. The minimum absolute atomic E-state index is 0.0759. The average Bonchev–Trinajstić information content (AvgIpc) is 2.87. The molecule has 8 nitrogen and oxygen atoms in total. The molecule has 8 heteroatoms. The molecule has 0 heterocycles. The van der Waals surface area contributed by atoms with Gasteiger partial charge in [0.15, 0.2) is 0 Å². The zero-order chi connectivity index (χ0) is 28.1. The van der Waals surface area contributed by atoms with E-state index in [0.29, 0.717) is 37.6 Å². The summed E-state index contributed by atoms with van der Waals surface area (Å²) in [5.41, 5.74) is 7.13. The van der Waals surface area contributed by atoms with E-state index in [1.165, 1.54) is 6.42 Å². The Morgan fingerprint density at radius 3 is 2.21 bits per heavy atom. The van der Waals surface area contributed by atoms with Gasteiger partial charge in [-0.15, -0.1) is 0 Å². The molecule has 1 fully saturated rings. The lowest BCUT2D eigenvalue weighted by molar-refractivity contribution is -0.131. The molecule has 6 N–H and O–H groups in total. The number of aliphatic hydroxyl groups is 1. The Labute approximate surface area is 228 Å². The molecule has 2 rings (SSSR count). The lowest BCUT2D eigenvalue weighted by atomic mass is 9.83. The fourth-order valence-corrected chi connectivity index (χ4v) is 5.04. The molecule has 0 bridgehead atoms. The van der Waals surface area contributed by atoms with Crippen LogP contribution in [0.5, 0.6) is 0 Å². The van der Waals surface area contributed by atoms with E-state index in [-0.39, 0.29) is 30.1 Å². The summed E-state index contributed by atoms with van der Waals surface area (Å²) in [6, 6.07) is 7.41. The number of amides is 3. The van der Waals surface area contributed by atoms with E-state index < -0.39 is 24.2 Å². The second-order valence-corrected chi connectivity index (χ2v) is 11.8. The van der Waals surface area contributed by atoms with Crippen molar-refractivity contribution in [2.45, 2.75) is 110 Å². The summed E-state index contributed by atoms with van der Waals surface area (Å²) in [5, 5.41) is 19.8. The van der Waals surface area contributed by atoms with Crippen molar-refractivity contribution in [3.05, 3.63) is 35.9 Å². The molecule has 0 aliphatic heterocycles. The second kappa shape index (κ2) is 16.5. The van der Waals surface area contributed by atoms with E-state index in [0.717, 1.165) is 31.2 Å². The monoisotopic (exact) mass is 530 g/mol. The molecule has 1 aromatic carbocycles. The number of hydrogen-bond acceptors (Lipinski definition) is 5. The van der Waals surface area contributed by atoms with Crippen LogP contribution in [0, 0.1) is 17.8 Å². The van der Waals surface area contributed by atoms with E-state index >= 15 is 0 Å². The standard InChI is InChI=1S/C30H50N4O4/c1-20(2)15-26(34-29(37)24(31)16-22-11-7-5-8-12-22)30(38)33-25(17-23-13-9-6-10-14-23)27(35)18-28(36)32-19-21(3)4/h5,7-8,11-12,20-21,23-27,35H,6,9-10,13-19,31H2,1-4H3,(H,32,36)(H,33,38)(H,34,37)/t24?,25?,26-,27?/m0/s1. The summed E-state index contributed by atoms with van der Waals surface area (Å²) in [6.45, 7) is 8.54. The van der Waals surface area contributed by atoms with Gasteiger partial charge in [0.2, 0.25) is 17.7 Å². The molecule has 3 unspecified atom stereocenters. The Morgan fingerprint density at radius 2 is 1.61 bits per heavy atom. The first-order valence-corrected chi connectivity index (χ1v) is 14.4. The van der Waals surface area contributed by atoms with Crippen LogP contribution in [0.1, 0.15) is 84.6 Å². The first-order valence-electron chi connectivity index (χ1n) is 14.4. The van der Waals surface area contributed by atoms with Crippen molar-refractivity contribution in [2.24, 2.45) is 23.5 Å². The number of hydrogen-bond donors (Lipinski definition) is 5. The van der Waals surface area contributed by atoms with Crippen LogP contribution < -0.4 is 21.7 Å². The SMILES string of the molecule is CC(C)CNC(=O)CC(O)C(CC1CCCCC1)NC(=O)[C@H](CC(C)C)NC(=O)C(N)Cc1ccccc1. The zero-order valence-electron chi connectivity index (χ0n) is 23.7. The van der Waals surface area contributed by atoms with Gasteiger partial charge in [-0.3, -0.25) is 14.4 Å². The van der Waals surface area contributed by atoms with Gasteiger partial charge in [-0.1, -0.05) is 90.1 Å². The number of carbonyl (C=O) groups is 3. The van der Waals surface area contributed by atoms with Crippen LogP contribution in [0.2, 0.25) is 0 Å². The summed E-state index contributed by atoms with van der Waals surface area (Å²) in [5.74, 6) is -0.108. The maximum absolute atomic E-state index is 13.5. The van der Waals surface area contributed by atoms with Crippen molar-refractivity contribution in [1.29, 1.82) is 0 Å². The molecule has 214 valence electrons. The van der Waals surface area contributed by atoms with E-state index in [4.69, 9.17) is 5.73 Å². The lowest BCUT2D eigenvalue weighted by Crippen LogP contribution is -2.56. The van der Waals surface area contributed by atoms with Gasteiger partial charge in [0, 0.05) is 6.54 Å². The molecule has 3 amide bonds. The number of nitrogens with two attached hydrogens (primary N) is 1. The van der Waals surface area contributed by atoms with Crippen molar-refractivity contribution in [2.75, 3.05) is 6.54 Å². The maximum atomic E-state index is 13.5. The summed E-state index contributed by atoms with van der Waals surface area (Å²) in [6.07, 6.45) is 5.94. The molecule has 0 saturated heterocycles. The predicted molar refractivity (Wildman–Crippen MR) is 151 cm³/mol. The van der Waals surface area contributed by atoms with E-state index in [9.17, 15) is 19.5 Å². The van der Waals surface area contributed by atoms with Crippen LogP contribution in [-0.2, 0) is 20.8 Å². The van der Waals surface area contributed by atoms with Gasteiger partial charge in [0.1, 0.15) is 6.04 Å². The van der Waals surface area contributed by atoms with Crippen molar-refractivity contribution in [1.82, 2.24) is 16.0 Å². The van der Waals surface area contributed by atoms with Crippen LogP contribution in [0.25, 0.3) is 0 Å². The molecule has 1 aliphatic rings. The van der Waals surface area contributed by atoms with Gasteiger partial charge in [-0.25, -0.2) is 0 Å². The number of nitrogens with one attached hydrogen (secondary N) is 3. The van der Waals surface area contributed by atoms with E-state index in [1.54, 1.807) is 0 Å². The van der Waals surface area contributed by atoms with E-state index in [1.807, 2.05) is 58.0 Å². The first kappa shape index (κ1) is 31.8. The topological polar surface area (TPSA) is 134 Å². The molecule has 38 heavy (non-hydrogen) atoms. The van der Waals surface area contributed by atoms with Crippen LogP contribution >= 0.6 is 0 Å². The van der Waals surface area contributed by atoms with Crippen molar-refractivity contribution >= 4 is 17.7 Å². The van der Waals surface area contributed by atoms with Crippen molar-refractivity contribution < 1.29 is 19.5 Å². The average molecular weight is 531 g/mol. The molecule has 4 atom stereocenters. The fourth-order valence-electron chi connectivity index (χ4n) is 5.04. The number of carbonyl (C=O) groups excluding carboxylic acids is 3. The highest BCUT2D eigenvalue weighted by Crippen LogP contribution is 2.28. The second-order valence-electron chi connectivity index (χ2n) is 11.8. The third-order valence-electron chi connectivity index (χ3n) is 7.18. The number of aliphatic hydroxyl groups excluding tert-OH is 1. The van der Waals surface area contributed by atoms with Crippen LogP contribution in [-0.4, -0.2) is 53.6 Å². The molecule has 0 aromatic heterocycles. The molecule has 1 saturated carbocycles.